The highest BCUT2D eigenvalue weighted by atomic mass is 35.5. The number of hydrogen-bond donors (Lipinski definition) is 2. The lowest BCUT2D eigenvalue weighted by molar-refractivity contribution is -0.687. The van der Waals surface area contributed by atoms with E-state index < -0.39 is 0 Å². The lowest BCUT2D eigenvalue weighted by Crippen LogP contribution is -2.81. The molecule has 4 nitrogen and oxygen atoms in total. The Hall–Kier alpha value is -2.47. The number of hydrogen-bond acceptors (Lipinski definition) is 3. The summed E-state index contributed by atoms with van der Waals surface area (Å²) in [6, 6.07) is 17.7. The number of aromatic nitrogens is 2. The van der Waals surface area contributed by atoms with Gasteiger partial charge in [-0.2, -0.15) is 0 Å². The fourth-order valence-electron chi connectivity index (χ4n) is 2.95. The van der Waals surface area contributed by atoms with E-state index in [0.29, 0.717) is 17.8 Å². The smallest absolute Gasteiger partial charge is 0.260 e. The topological polar surface area (TPSA) is 62.4 Å². The van der Waals surface area contributed by atoms with Gasteiger partial charge in [0.15, 0.2) is 5.82 Å². The van der Waals surface area contributed by atoms with E-state index in [1.165, 1.54) is 11.3 Å². The maximum Gasteiger partial charge on any atom is 0.260 e. The maximum absolute atomic E-state index is 12.6. The average Bonchev–Trinajstić information content (AvgIpc) is 3.09. The van der Waals surface area contributed by atoms with Crippen molar-refractivity contribution in [1.82, 2.24) is 9.97 Å². The van der Waals surface area contributed by atoms with Crippen LogP contribution < -0.4 is 10.9 Å². The fraction of sp³-hybridized carbons (Fsp3) is 0.100. The highest BCUT2D eigenvalue weighted by Gasteiger charge is 2.13. The number of rotatable bonds is 5. The summed E-state index contributed by atoms with van der Waals surface area (Å²) in [6.07, 6.45) is 0. The van der Waals surface area contributed by atoms with Crippen LogP contribution >= 0.6 is 22.9 Å². The molecular weight excluding hydrogens is 366 g/mol. The van der Waals surface area contributed by atoms with E-state index in [-0.39, 0.29) is 5.56 Å². The molecule has 3 N–H and O–H groups in total. The number of aromatic amines is 1. The Morgan fingerprint density at radius 2 is 1.81 bits per heavy atom. The van der Waals surface area contributed by atoms with Gasteiger partial charge in [0.1, 0.15) is 17.9 Å². The minimum Gasteiger partial charge on any atom is -0.336 e. The van der Waals surface area contributed by atoms with Crippen molar-refractivity contribution >= 4 is 33.2 Å². The van der Waals surface area contributed by atoms with Crippen molar-refractivity contribution in [2.24, 2.45) is 0 Å². The Kier molecular flexibility index (Phi) is 4.84. The summed E-state index contributed by atoms with van der Waals surface area (Å²) in [5.74, 6) is 0.677. The molecule has 26 heavy (non-hydrogen) atoms. The molecule has 6 heteroatoms. The van der Waals surface area contributed by atoms with Gasteiger partial charge in [-0.3, -0.25) is 4.79 Å². The Morgan fingerprint density at radius 3 is 2.62 bits per heavy atom. The molecule has 0 unspecified atom stereocenters. The Bertz CT molecular complexity index is 1100. The van der Waals surface area contributed by atoms with Crippen molar-refractivity contribution in [3.05, 3.63) is 86.7 Å². The van der Waals surface area contributed by atoms with Gasteiger partial charge in [-0.15, -0.1) is 11.3 Å². The van der Waals surface area contributed by atoms with Gasteiger partial charge in [0.25, 0.3) is 5.56 Å². The monoisotopic (exact) mass is 382 g/mol. The summed E-state index contributed by atoms with van der Waals surface area (Å²) < 4.78 is 0. The van der Waals surface area contributed by atoms with Crippen molar-refractivity contribution in [2.75, 3.05) is 0 Å². The van der Waals surface area contributed by atoms with Crippen LogP contribution in [0.1, 0.15) is 11.4 Å². The number of quaternary nitrogens is 1. The number of nitrogens with two attached hydrogens (primary N) is 1. The van der Waals surface area contributed by atoms with Crippen molar-refractivity contribution in [3.63, 3.8) is 0 Å². The van der Waals surface area contributed by atoms with Crippen LogP contribution in [0, 0.1) is 0 Å². The summed E-state index contributed by atoms with van der Waals surface area (Å²) in [7, 11) is 0. The molecule has 130 valence electrons. The molecule has 2 aromatic heterocycles. The van der Waals surface area contributed by atoms with Gasteiger partial charge in [0.2, 0.25) is 0 Å². The molecule has 2 aromatic carbocycles. The molecular formula is C20H17ClN3OS+. The normalized spacial score (nSPS) is 11.1. The zero-order valence-electron chi connectivity index (χ0n) is 13.9. The van der Waals surface area contributed by atoms with Gasteiger partial charge in [-0.25, -0.2) is 4.98 Å². The molecule has 4 aromatic rings. The van der Waals surface area contributed by atoms with Crippen molar-refractivity contribution in [1.29, 1.82) is 0 Å². The quantitative estimate of drug-likeness (QED) is 0.554. The third kappa shape index (κ3) is 3.42. The van der Waals surface area contributed by atoms with Crippen LogP contribution in [-0.2, 0) is 13.1 Å². The minimum absolute atomic E-state index is 0.0868. The highest BCUT2D eigenvalue weighted by Crippen LogP contribution is 2.30. The van der Waals surface area contributed by atoms with Crippen molar-refractivity contribution < 1.29 is 5.32 Å². The van der Waals surface area contributed by atoms with Gasteiger partial charge < -0.3 is 10.3 Å². The number of benzene rings is 2. The lowest BCUT2D eigenvalue weighted by Gasteiger charge is -2.04. The molecule has 2 heterocycles. The Balaban J connectivity index is 1.57. The summed E-state index contributed by atoms with van der Waals surface area (Å²) in [5, 5.41) is 5.50. The molecule has 0 amide bonds. The summed E-state index contributed by atoms with van der Waals surface area (Å²) in [4.78, 5) is 20.9. The second-order valence-electron chi connectivity index (χ2n) is 6.00. The third-order valence-electron chi connectivity index (χ3n) is 4.24. The second-order valence-corrected chi connectivity index (χ2v) is 7.26. The highest BCUT2D eigenvalue weighted by molar-refractivity contribution is 7.17. The van der Waals surface area contributed by atoms with Gasteiger partial charge in [-0.05, 0) is 11.6 Å². The van der Waals surface area contributed by atoms with E-state index in [1.807, 2.05) is 60.0 Å². The molecule has 0 saturated heterocycles. The van der Waals surface area contributed by atoms with E-state index >= 15 is 0 Å². The van der Waals surface area contributed by atoms with Crippen LogP contribution in [0.2, 0.25) is 5.02 Å². The van der Waals surface area contributed by atoms with Crippen molar-refractivity contribution in [3.8, 4) is 11.1 Å². The molecule has 0 fully saturated rings. The number of nitrogens with one attached hydrogen (secondary N) is 1. The van der Waals surface area contributed by atoms with Crippen molar-refractivity contribution in [2.45, 2.75) is 13.1 Å². The van der Waals surface area contributed by atoms with Gasteiger partial charge >= 0.3 is 0 Å². The largest absolute Gasteiger partial charge is 0.336 e. The number of fused-ring (bicyclic) bond motifs is 1. The zero-order valence-corrected chi connectivity index (χ0v) is 15.5. The van der Waals surface area contributed by atoms with E-state index in [4.69, 9.17) is 11.6 Å². The first kappa shape index (κ1) is 17.0. The molecule has 0 saturated carbocycles. The first-order valence-electron chi connectivity index (χ1n) is 8.33. The maximum atomic E-state index is 12.6. The molecule has 0 spiro atoms. The van der Waals surface area contributed by atoms with Crippen LogP contribution in [0.3, 0.4) is 0 Å². The molecule has 0 radical (unpaired) electrons. The standard InChI is InChI=1S/C20H16ClN3OS/c21-16-9-5-4-8-14(16)10-22-11-17-23-19(25)18-15(12-26-20(18)24-17)13-6-2-1-3-7-13/h1-9,12,22H,10-11H2,(H,23,24,25)/p+1. The van der Waals surface area contributed by atoms with Crippen LogP contribution in [0.15, 0.2) is 64.8 Å². The fourth-order valence-corrected chi connectivity index (χ4v) is 4.13. The van der Waals surface area contributed by atoms with E-state index in [2.05, 4.69) is 15.3 Å². The first-order valence-corrected chi connectivity index (χ1v) is 9.59. The lowest BCUT2D eigenvalue weighted by atomic mass is 10.1. The first-order chi connectivity index (χ1) is 12.7. The summed E-state index contributed by atoms with van der Waals surface area (Å²) in [6.45, 7) is 1.33. The number of H-pyrrole nitrogens is 1. The van der Waals surface area contributed by atoms with Crippen LogP contribution in [0.25, 0.3) is 21.3 Å². The molecule has 0 aliphatic rings. The van der Waals surface area contributed by atoms with Gasteiger partial charge in [-0.1, -0.05) is 60.1 Å². The zero-order chi connectivity index (χ0) is 17.9. The van der Waals surface area contributed by atoms with E-state index in [9.17, 15) is 4.79 Å². The second kappa shape index (κ2) is 7.41. The third-order valence-corrected chi connectivity index (χ3v) is 5.48. The average molecular weight is 383 g/mol. The van der Waals surface area contributed by atoms with Gasteiger partial charge in [0, 0.05) is 21.5 Å². The number of halogens is 1. The van der Waals surface area contributed by atoms with Crippen LogP contribution in [0.5, 0.6) is 0 Å². The number of thiophene rings is 1. The molecule has 0 atom stereocenters. The molecule has 0 aliphatic carbocycles. The van der Waals surface area contributed by atoms with Crippen LogP contribution in [-0.4, -0.2) is 9.97 Å². The predicted molar refractivity (Wildman–Crippen MR) is 106 cm³/mol. The minimum atomic E-state index is -0.0868. The van der Waals surface area contributed by atoms with E-state index in [1.54, 1.807) is 0 Å². The van der Waals surface area contributed by atoms with Gasteiger partial charge in [0.05, 0.1) is 5.39 Å². The SMILES string of the molecule is O=c1[nH]c(C[NH2+]Cc2ccccc2Cl)nc2scc(-c3ccccc3)c12. The number of nitrogens with zero attached hydrogens (tertiary/aromatic N) is 1. The van der Waals surface area contributed by atoms with Crippen LogP contribution in [0.4, 0.5) is 0 Å². The summed E-state index contributed by atoms with van der Waals surface area (Å²) >= 11 is 7.68. The predicted octanol–water partition coefficient (Wildman–Crippen LogP) is 3.57. The molecule has 0 bridgehead atoms. The Morgan fingerprint density at radius 1 is 1.04 bits per heavy atom. The molecule has 4 rings (SSSR count). The summed E-state index contributed by atoms with van der Waals surface area (Å²) in [5.41, 5.74) is 2.95. The molecule has 0 aliphatic heterocycles. The Labute approximate surface area is 159 Å². The van der Waals surface area contributed by atoms with E-state index in [0.717, 1.165) is 33.1 Å².